The van der Waals surface area contributed by atoms with Crippen LogP contribution in [-0.2, 0) is 67.3 Å². The number of Topliss-reactive ketones (excluding diaryl/α,β-unsaturated/α-hetero) is 5. The van der Waals surface area contributed by atoms with E-state index < -0.39 is 0 Å². The molecule has 0 bridgehead atoms. The molecule has 5 unspecified atom stereocenters. The average Bonchev–Trinajstić information content (AvgIpc) is 1.58. The molecule has 0 saturated carbocycles. The molecular weight excluding hydrogens is 1840 g/mol. The Morgan fingerprint density at radius 1 is 0.281 bits per heavy atom. The van der Waals surface area contributed by atoms with Gasteiger partial charge in [0.05, 0.1) is 18.1 Å². The van der Waals surface area contributed by atoms with Crippen LogP contribution in [0.3, 0.4) is 0 Å². The second kappa shape index (κ2) is 48.5. The van der Waals surface area contributed by atoms with Crippen molar-refractivity contribution in [3.8, 4) is 90.1 Å². The number of amides is 1. The minimum absolute atomic E-state index is 0.00152. The van der Waals surface area contributed by atoms with Crippen molar-refractivity contribution >= 4 is 51.9 Å². The first kappa shape index (κ1) is 103. The number of hydrogen-bond donors (Lipinski definition) is 0. The quantitative estimate of drug-likeness (QED) is 0.0376. The summed E-state index contributed by atoms with van der Waals surface area (Å²) in [6, 6.07) is 104. The van der Waals surface area contributed by atoms with Gasteiger partial charge in [0, 0.05) is 61.8 Å². The van der Waals surface area contributed by atoms with Gasteiger partial charge in [0.1, 0.15) is 103 Å². The van der Waals surface area contributed by atoms with E-state index in [0.29, 0.717) is 34.7 Å². The summed E-state index contributed by atoms with van der Waals surface area (Å²) < 4.78 is 102. The predicted octanol–water partition coefficient (Wildman–Crippen LogP) is 28.3. The van der Waals surface area contributed by atoms with Gasteiger partial charge in [0.25, 0.3) is 0 Å². The van der Waals surface area contributed by atoms with Crippen LogP contribution in [-0.4, -0.2) is 81.5 Å². The number of rotatable bonds is 31. The average molecular weight is 1960 g/mol. The van der Waals surface area contributed by atoms with E-state index in [1.807, 2.05) is 121 Å². The number of aryl methyl sites for hydroxylation is 5. The number of nitrogens with zero attached hydrogens (tertiary/aromatic N) is 3. The molecule has 0 aliphatic heterocycles. The van der Waals surface area contributed by atoms with E-state index in [0.717, 1.165) is 167 Å². The lowest BCUT2D eigenvalue weighted by Gasteiger charge is -2.31. The van der Waals surface area contributed by atoms with Gasteiger partial charge in [0.15, 0.2) is 28.9 Å². The smallest absolute Gasteiger partial charge is 0.224 e. The Labute approximate surface area is 850 Å². The molecule has 5 atom stereocenters. The van der Waals surface area contributed by atoms with Crippen molar-refractivity contribution in [2.24, 2.45) is 0 Å². The summed E-state index contributed by atoms with van der Waals surface area (Å²) >= 11 is 0. The maximum absolute atomic E-state index is 13.7. The maximum atomic E-state index is 13.7. The molecule has 15 nitrogen and oxygen atoms in total. The highest BCUT2D eigenvalue weighted by Gasteiger charge is 2.35. The fourth-order valence-electron chi connectivity index (χ4n) is 19.9. The molecule has 0 radical (unpaired) electrons. The third-order valence-corrected chi connectivity index (χ3v) is 26.9. The number of carbonyl (C=O) groups excluding carboxylic acids is 6. The highest BCUT2D eigenvalue weighted by atomic mass is 19.1. The number of carbonyl (C=O) groups is 6. The van der Waals surface area contributed by atoms with Gasteiger partial charge in [-0.15, -0.1) is 0 Å². The summed E-state index contributed by atoms with van der Waals surface area (Å²) in [5.41, 5.74) is 26.1. The van der Waals surface area contributed by atoms with E-state index in [9.17, 15) is 50.7 Å². The molecule has 5 aliphatic rings. The summed E-state index contributed by atoms with van der Waals surface area (Å²) in [7, 11) is 2.08. The Bertz CT molecular complexity index is 7080. The van der Waals surface area contributed by atoms with E-state index in [1.165, 1.54) is 121 Å². The van der Waals surface area contributed by atoms with Gasteiger partial charge < -0.3 is 43.1 Å². The molecule has 5 aliphatic carbocycles. The number of fused-ring (bicyclic) bond motifs is 5. The van der Waals surface area contributed by atoms with Gasteiger partial charge >= 0.3 is 0 Å². The molecule has 0 fully saturated rings. The summed E-state index contributed by atoms with van der Waals surface area (Å²) in [4.78, 5) is 75.0. The Kier molecular flexibility index (Phi) is 34.2. The van der Waals surface area contributed by atoms with Crippen LogP contribution >= 0.6 is 0 Å². The maximum Gasteiger partial charge on any atom is 0.224 e. The van der Waals surface area contributed by atoms with Crippen LogP contribution in [0.4, 0.5) is 39.0 Å². The van der Waals surface area contributed by atoms with E-state index in [4.69, 9.17) is 28.4 Å². The van der Waals surface area contributed by atoms with Gasteiger partial charge in [-0.25, -0.2) is 22.0 Å². The molecule has 744 valence electrons. The lowest BCUT2D eigenvalue weighted by Crippen LogP contribution is -2.32. The van der Waals surface area contributed by atoms with Crippen LogP contribution in [0, 0.1) is 29.1 Å². The first-order valence-corrected chi connectivity index (χ1v) is 49.6. The van der Waals surface area contributed by atoms with Crippen molar-refractivity contribution in [2.75, 3.05) is 61.3 Å². The number of ether oxygens (including phenoxy) is 6. The molecule has 15 aromatic rings. The molecule has 20 heteroatoms. The Morgan fingerprint density at radius 3 is 1.00 bits per heavy atom. The summed E-state index contributed by atoms with van der Waals surface area (Å²) in [6.07, 6.45) is 10.7. The highest BCUT2D eigenvalue weighted by Crippen LogP contribution is 2.47. The molecule has 0 saturated heterocycles. The molecule has 0 N–H and O–H groups in total. The normalized spacial score (nSPS) is 15.0. The van der Waals surface area contributed by atoms with Crippen LogP contribution in [0.5, 0.6) is 34.5 Å². The van der Waals surface area contributed by atoms with Crippen LogP contribution in [0.25, 0.3) is 55.6 Å². The third-order valence-electron chi connectivity index (χ3n) is 26.9. The molecule has 15 aromatic carbocycles. The fraction of sp³-hybridized carbons (Fsp3) is 0.238. The number of ketones is 5. The first-order chi connectivity index (χ1) is 70.6. The number of halogens is 5. The van der Waals surface area contributed by atoms with Crippen LogP contribution in [0.2, 0.25) is 0 Å². The van der Waals surface area contributed by atoms with Gasteiger partial charge in [-0.05, 0) is 381 Å². The SMILES string of the molecule is CC(=O)COc1cccc(CC2CCc3ccc(-c4cccc(F)c4)cc32)c1.CC(=O)COc1cccc(N(C(C)=O)C2CCc3ccc(-c4cccc(F)c4)cc32)c1.CC(=O)COc1cccc(N(C)C2CCc3ccc(-c4cccc(F)c4)cc32)c1.CC(=O)COc1cccc(OC2CCc3ccc(-c4cccc(F)c4)cc32)c1.CCN(c1cccc(OCC(C)=O)c1)C1CCc2ccc(-c3cccc(F)c3)cc21. The van der Waals surface area contributed by atoms with E-state index in [1.54, 1.807) is 90.7 Å². The van der Waals surface area contributed by atoms with Gasteiger partial charge in [-0.1, -0.05) is 164 Å². The lowest BCUT2D eigenvalue weighted by atomic mass is 9.91. The van der Waals surface area contributed by atoms with Gasteiger partial charge in [-0.2, -0.15) is 0 Å². The topological polar surface area (TPSA) is 168 Å². The van der Waals surface area contributed by atoms with Crippen molar-refractivity contribution in [1.29, 1.82) is 0 Å². The summed E-state index contributed by atoms with van der Waals surface area (Å²) in [5.74, 6) is 3.10. The van der Waals surface area contributed by atoms with Crippen molar-refractivity contribution in [3.05, 3.63) is 424 Å². The zero-order valence-electron chi connectivity index (χ0n) is 83.3. The Balaban J connectivity index is 0.000000131. The fourth-order valence-corrected chi connectivity index (χ4v) is 19.9. The van der Waals surface area contributed by atoms with Gasteiger partial charge in [0.2, 0.25) is 5.91 Å². The number of benzene rings is 15. The van der Waals surface area contributed by atoms with Crippen molar-refractivity contribution in [3.63, 3.8) is 0 Å². The van der Waals surface area contributed by atoms with Crippen LogP contribution in [0.1, 0.15) is 172 Å². The van der Waals surface area contributed by atoms with E-state index in [-0.39, 0.29) is 121 Å². The zero-order chi connectivity index (χ0) is 102. The molecule has 146 heavy (non-hydrogen) atoms. The highest BCUT2D eigenvalue weighted by molar-refractivity contribution is 5.93. The first-order valence-electron chi connectivity index (χ1n) is 49.6. The number of anilines is 3. The van der Waals surface area contributed by atoms with Crippen molar-refractivity contribution in [2.45, 2.75) is 149 Å². The van der Waals surface area contributed by atoms with Crippen molar-refractivity contribution < 1.29 is 79.1 Å². The number of hydrogen-bond acceptors (Lipinski definition) is 14. The second-order valence-corrected chi connectivity index (χ2v) is 37.7. The molecular formula is C126H118F5N3O12. The summed E-state index contributed by atoms with van der Waals surface area (Å²) in [6.45, 7) is 12.4. The second-order valence-electron chi connectivity index (χ2n) is 37.7. The lowest BCUT2D eigenvalue weighted by molar-refractivity contribution is -0.119. The van der Waals surface area contributed by atoms with Crippen LogP contribution in [0.15, 0.2) is 334 Å². The molecule has 1 amide bonds. The Hall–Kier alpha value is -15.8. The van der Waals surface area contributed by atoms with E-state index in [2.05, 4.69) is 121 Å². The van der Waals surface area contributed by atoms with Gasteiger partial charge in [-0.3, -0.25) is 28.8 Å². The largest absolute Gasteiger partial charge is 0.486 e. The minimum Gasteiger partial charge on any atom is -0.486 e. The Morgan fingerprint density at radius 2 is 0.582 bits per heavy atom. The molecule has 0 heterocycles. The standard InChI is InChI=1S/C26H24FNO3.C26H26FNO2.C25H24FNO2.C25H23FO2.C24H21FO3/c1-17(29)16-31-24-8-4-7-23(15-24)28(18(2)30)26-12-11-19-9-10-21(14-25(19)26)20-5-3-6-22(27)13-20;1-3-28(23-8-5-9-24(16-23)30-17-18(2)29)26-13-12-19-10-11-21(15-25(19)26)20-6-4-7-22(27)14-20;1-17(28)16-29-23-8-4-7-22(15-23)27(2)25-12-11-18-9-10-20(14-24(18)25)19-5-3-6-21(26)13-19;1-17(27)16-28-24-7-2-4-18(13-24)12-22-11-9-19-8-10-21(15-25(19)22)20-5-3-6-23(26)14-20;1-16(26)15-27-21-6-3-7-22(14-21)28-24-11-10-17-8-9-19(13-23(17)24)18-4-2-5-20(25)12-18/h3-10,13-15,26H,11-12,16H2,1-2H3;4-11,14-16,26H,3,12-13,17H2,1-2H3;3-10,13-15,25H,11-12,16H2,1-2H3;2-8,10,13-15,22H,9,11-12,16H2,1H3;2-9,12-14,24H,10-11,15H2,1H3. The molecule has 0 spiro atoms. The molecule has 20 rings (SSSR count). The predicted molar refractivity (Wildman–Crippen MR) is 566 cm³/mol. The third kappa shape index (κ3) is 27.0. The van der Waals surface area contributed by atoms with Crippen molar-refractivity contribution in [1.82, 2.24) is 0 Å². The van der Waals surface area contributed by atoms with E-state index >= 15 is 0 Å². The van der Waals surface area contributed by atoms with Crippen LogP contribution < -0.4 is 43.1 Å². The molecule has 0 aromatic heterocycles. The monoisotopic (exact) mass is 1960 g/mol. The summed E-state index contributed by atoms with van der Waals surface area (Å²) in [5, 5.41) is 0. The minimum atomic E-state index is -0.276. The zero-order valence-corrected chi connectivity index (χ0v) is 83.3.